The summed E-state index contributed by atoms with van der Waals surface area (Å²) in [6.07, 6.45) is 2.16. The van der Waals surface area contributed by atoms with Gasteiger partial charge in [0.15, 0.2) is 5.69 Å². The maximum atomic E-state index is 11.8. The second kappa shape index (κ2) is 5.40. The molecule has 0 N–H and O–H groups in total. The predicted octanol–water partition coefficient (Wildman–Crippen LogP) is 1.23. The topological polar surface area (TPSA) is 95.9 Å². The molecule has 20 heavy (non-hydrogen) atoms. The van der Waals surface area contributed by atoms with E-state index in [1.54, 1.807) is 20.8 Å². The van der Waals surface area contributed by atoms with Crippen LogP contribution in [0, 0.1) is 0 Å². The molecule has 0 amide bonds. The number of aryl methyl sites for hydroxylation is 1. The minimum atomic E-state index is -0.566. The van der Waals surface area contributed by atoms with E-state index in [-0.39, 0.29) is 12.2 Å². The molecule has 2 rings (SSSR count). The first-order chi connectivity index (χ1) is 9.37. The molecular formula is C12H17N5O3. The number of hydrogen-bond acceptors (Lipinski definition) is 7. The van der Waals surface area contributed by atoms with Crippen molar-refractivity contribution in [3.63, 3.8) is 0 Å². The maximum Gasteiger partial charge on any atom is 0.361 e. The Morgan fingerprint density at radius 3 is 2.60 bits per heavy atom. The molecule has 0 atom stereocenters. The van der Waals surface area contributed by atoms with Gasteiger partial charge >= 0.3 is 5.97 Å². The minimum absolute atomic E-state index is 0.148. The van der Waals surface area contributed by atoms with Gasteiger partial charge in [0.05, 0.1) is 6.20 Å². The van der Waals surface area contributed by atoms with Crippen LogP contribution >= 0.6 is 0 Å². The number of hydrogen-bond donors (Lipinski definition) is 0. The van der Waals surface area contributed by atoms with Crippen LogP contribution < -0.4 is 0 Å². The van der Waals surface area contributed by atoms with Gasteiger partial charge in [-0.1, -0.05) is 12.1 Å². The third-order valence-corrected chi connectivity index (χ3v) is 2.26. The second-order valence-corrected chi connectivity index (χ2v) is 5.25. The number of esters is 1. The van der Waals surface area contributed by atoms with Crippen LogP contribution in [0.2, 0.25) is 0 Å². The summed E-state index contributed by atoms with van der Waals surface area (Å²) in [6.45, 7) is 7.57. The minimum Gasteiger partial charge on any atom is -0.455 e. The molecule has 0 aliphatic heterocycles. The molecule has 0 fully saturated rings. The summed E-state index contributed by atoms with van der Waals surface area (Å²) < 4.78 is 12.0. The fraction of sp³-hybridized carbons (Fsp3) is 0.583. The van der Waals surface area contributed by atoms with Gasteiger partial charge in [-0.3, -0.25) is 0 Å². The molecule has 8 nitrogen and oxygen atoms in total. The van der Waals surface area contributed by atoms with E-state index in [2.05, 4.69) is 20.5 Å². The Labute approximate surface area is 116 Å². The molecule has 0 aliphatic rings. The largest absolute Gasteiger partial charge is 0.455 e. The molecule has 2 aromatic rings. The van der Waals surface area contributed by atoms with Crippen molar-refractivity contribution in [3.8, 4) is 0 Å². The predicted molar refractivity (Wildman–Crippen MR) is 68.0 cm³/mol. The van der Waals surface area contributed by atoms with Crippen molar-refractivity contribution < 1.29 is 13.9 Å². The Morgan fingerprint density at radius 1 is 1.30 bits per heavy atom. The third-order valence-electron chi connectivity index (χ3n) is 2.26. The summed E-state index contributed by atoms with van der Waals surface area (Å²) in [7, 11) is 0. The third kappa shape index (κ3) is 3.62. The number of ether oxygens (including phenoxy) is 1. The van der Waals surface area contributed by atoms with Gasteiger partial charge in [-0.2, -0.15) is 0 Å². The summed E-state index contributed by atoms with van der Waals surface area (Å²) in [4.78, 5) is 11.8. The Bertz CT molecular complexity index is 596. The Balaban J connectivity index is 2.03. The quantitative estimate of drug-likeness (QED) is 0.776. The molecule has 2 aromatic heterocycles. The zero-order valence-corrected chi connectivity index (χ0v) is 12.0. The van der Waals surface area contributed by atoms with Crippen molar-refractivity contribution in [2.24, 2.45) is 0 Å². The molecular weight excluding hydrogens is 262 g/mol. The van der Waals surface area contributed by atoms with Gasteiger partial charge in [0.25, 0.3) is 0 Å². The molecule has 0 saturated heterocycles. The first-order valence-electron chi connectivity index (χ1n) is 6.32. The Kier molecular flexibility index (Phi) is 3.82. The second-order valence-electron chi connectivity index (χ2n) is 5.25. The summed E-state index contributed by atoms with van der Waals surface area (Å²) in [6, 6.07) is 0. The van der Waals surface area contributed by atoms with Crippen molar-refractivity contribution in [2.75, 3.05) is 0 Å². The van der Waals surface area contributed by atoms with E-state index in [0.29, 0.717) is 18.2 Å². The highest BCUT2D eigenvalue weighted by atomic mass is 16.6. The van der Waals surface area contributed by atoms with Gasteiger partial charge in [-0.25, -0.2) is 9.48 Å². The first-order valence-corrected chi connectivity index (χ1v) is 6.32. The number of aromatic nitrogens is 5. The van der Waals surface area contributed by atoms with Crippen LogP contribution in [0.3, 0.4) is 0 Å². The zero-order valence-electron chi connectivity index (χ0n) is 12.0. The van der Waals surface area contributed by atoms with E-state index in [1.165, 1.54) is 10.9 Å². The van der Waals surface area contributed by atoms with Crippen LogP contribution in [0.25, 0.3) is 0 Å². The summed E-state index contributed by atoms with van der Waals surface area (Å²) in [5, 5.41) is 15.3. The molecule has 0 saturated carbocycles. The van der Waals surface area contributed by atoms with Crippen molar-refractivity contribution in [2.45, 2.75) is 46.3 Å². The van der Waals surface area contributed by atoms with Crippen LogP contribution in [-0.2, 0) is 17.7 Å². The van der Waals surface area contributed by atoms with Crippen LogP contribution in [0.4, 0.5) is 0 Å². The number of rotatable bonds is 4. The van der Waals surface area contributed by atoms with Gasteiger partial charge in [-0.15, -0.1) is 15.3 Å². The van der Waals surface area contributed by atoms with Gasteiger partial charge in [0, 0.05) is 6.42 Å². The molecule has 0 unspecified atom stereocenters. The molecule has 0 spiro atoms. The number of carbonyl (C=O) groups is 1. The van der Waals surface area contributed by atoms with E-state index in [1.807, 2.05) is 6.92 Å². The van der Waals surface area contributed by atoms with Crippen molar-refractivity contribution >= 4 is 5.97 Å². The lowest BCUT2D eigenvalue weighted by Crippen LogP contribution is -2.24. The standard InChI is InChI=1S/C12H17N5O3/c1-5-9-14-15-10(19-9)7-17-6-8(13-16-17)11(18)20-12(2,3)4/h6H,5,7H2,1-4H3. The Hall–Kier alpha value is -2.25. The van der Waals surface area contributed by atoms with Gasteiger partial charge in [-0.05, 0) is 20.8 Å². The number of nitrogens with zero attached hydrogens (tertiary/aromatic N) is 5. The molecule has 0 aromatic carbocycles. The average Bonchev–Trinajstić information content (AvgIpc) is 2.96. The van der Waals surface area contributed by atoms with E-state index in [9.17, 15) is 4.79 Å². The SMILES string of the molecule is CCc1nnc(Cn2cc(C(=O)OC(C)(C)C)nn2)o1. The van der Waals surface area contributed by atoms with Crippen molar-refractivity contribution in [3.05, 3.63) is 23.7 Å². The van der Waals surface area contributed by atoms with E-state index in [0.717, 1.165) is 0 Å². The molecule has 0 radical (unpaired) electrons. The van der Waals surface area contributed by atoms with E-state index >= 15 is 0 Å². The van der Waals surface area contributed by atoms with Crippen molar-refractivity contribution in [1.82, 2.24) is 25.2 Å². The summed E-state index contributed by atoms with van der Waals surface area (Å²) in [5.74, 6) is 0.471. The van der Waals surface area contributed by atoms with Crippen LogP contribution in [0.15, 0.2) is 10.6 Å². The van der Waals surface area contributed by atoms with Gasteiger partial charge < -0.3 is 9.15 Å². The molecule has 8 heteroatoms. The molecule has 108 valence electrons. The van der Waals surface area contributed by atoms with E-state index < -0.39 is 11.6 Å². The Morgan fingerprint density at radius 2 is 2.00 bits per heavy atom. The molecule has 0 aliphatic carbocycles. The smallest absolute Gasteiger partial charge is 0.361 e. The van der Waals surface area contributed by atoms with Gasteiger partial charge in [0.1, 0.15) is 12.1 Å². The fourth-order valence-corrected chi connectivity index (χ4v) is 1.43. The average molecular weight is 279 g/mol. The fourth-order valence-electron chi connectivity index (χ4n) is 1.43. The summed E-state index contributed by atoms with van der Waals surface area (Å²) in [5.41, 5.74) is -0.418. The van der Waals surface area contributed by atoms with E-state index in [4.69, 9.17) is 9.15 Å². The lowest BCUT2D eigenvalue weighted by Gasteiger charge is -2.18. The number of carbonyl (C=O) groups excluding carboxylic acids is 1. The monoisotopic (exact) mass is 279 g/mol. The van der Waals surface area contributed by atoms with Gasteiger partial charge in [0.2, 0.25) is 11.8 Å². The van der Waals surface area contributed by atoms with Crippen molar-refractivity contribution in [1.29, 1.82) is 0 Å². The highest BCUT2D eigenvalue weighted by molar-refractivity contribution is 5.87. The normalized spacial score (nSPS) is 11.6. The first kappa shape index (κ1) is 14.2. The van der Waals surface area contributed by atoms with Crippen LogP contribution in [0.1, 0.15) is 50.0 Å². The maximum absolute atomic E-state index is 11.8. The highest BCUT2D eigenvalue weighted by Crippen LogP contribution is 2.10. The highest BCUT2D eigenvalue weighted by Gasteiger charge is 2.20. The van der Waals surface area contributed by atoms with Crippen LogP contribution in [-0.4, -0.2) is 36.8 Å². The zero-order chi connectivity index (χ0) is 14.8. The summed E-state index contributed by atoms with van der Waals surface area (Å²) >= 11 is 0. The molecule has 0 bridgehead atoms. The molecule has 2 heterocycles. The lowest BCUT2D eigenvalue weighted by atomic mass is 10.2. The van der Waals surface area contributed by atoms with Crippen LogP contribution in [0.5, 0.6) is 0 Å². The lowest BCUT2D eigenvalue weighted by molar-refractivity contribution is 0.00627.